The van der Waals surface area contributed by atoms with Crippen molar-refractivity contribution < 1.29 is 33.4 Å². The van der Waals surface area contributed by atoms with Crippen molar-refractivity contribution in [1.29, 1.82) is 0 Å². The highest BCUT2D eigenvalue weighted by Crippen LogP contribution is 2.63. The summed E-state index contributed by atoms with van der Waals surface area (Å²) >= 11 is 6.08. The number of halogens is 2. The van der Waals surface area contributed by atoms with E-state index in [4.69, 9.17) is 16.3 Å². The highest BCUT2D eigenvalue weighted by Gasteiger charge is 2.67. The summed E-state index contributed by atoms with van der Waals surface area (Å²) < 4.78 is 19.6. The minimum Gasteiger partial charge on any atom is -0.508 e. The number of benzene rings is 3. The Morgan fingerprint density at radius 1 is 0.833 bits per heavy atom. The molecule has 8 rings (SSSR count). The molecule has 4 amide bonds. The van der Waals surface area contributed by atoms with Gasteiger partial charge in [0, 0.05) is 24.7 Å². The molecule has 1 saturated carbocycles. The molecule has 2 aliphatic carbocycles. The number of fused-ring (bicyclic) bond motifs is 4. The number of phenols is 1. The smallest absolute Gasteiger partial charge is 0.241 e. The SMILES string of the molecule is C[C@@]12C(=O)N(c3ccc(F)c(Cl)c3)C(=O)[C@@H]1C[C@@H]1C(=CC[C@@H]3C(=O)N(c4ccc(N5CCOCC5)cc4)C(=O)[C@@H]31)[C@@H]2c1ccc(O)cc1. The fourth-order valence-electron chi connectivity index (χ4n) is 8.82. The summed E-state index contributed by atoms with van der Waals surface area (Å²) in [5.41, 5.74) is 1.95. The van der Waals surface area contributed by atoms with Gasteiger partial charge in [-0.2, -0.15) is 0 Å². The quantitative estimate of drug-likeness (QED) is 0.291. The van der Waals surface area contributed by atoms with Crippen LogP contribution in [-0.4, -0.2) is 55.0 Å². The number of nitrogens with zero attached hydrogens (tertiary/aromatic N) is 3. The van der Waals surface area contributed by atoms with Crippen LogP contribution in [0.2, 0.25) is 5.02 Å². The van der Waals surface area contributed by atoms with E-state index in [2.05, 4.69) is 4.90 Å². The van der Waals surface area contributed by atoms with Gasteiger partial charge in [0.15, 0.2) is 0 Å². The maximum Gasteiger partial charge on any atom is 0.241 e. The Bertz CT molecular complexity index is 1890. The number of carbonyl (C=O) groups is 4. The Hall–Kier alpha value is -4.54. The number of amides is 4. The number of phenolic OH excluding ortho intramolecular Hbond substituents is 1. The normalized spacial score (nSPS) is 29.9. The molecule has 4 fully saturated rings. The summed E-state index contributed by atoms with van der Waals surface area (Å²) in [5, 5.41) is 9.89. The van der Waals surface area contributed by atoms with E-state index >= 15 is 0 Å². The molecule has 1 N–H and O–H groups in total. The molecule has 0 radical (unpaired) electrons. The summed E-state index contributed by atoms with van der Waals surface area (Å²) in [4.78, 5) is 61.6. The first-order chi connectivity index (χ1) is 23.1. The molecule has 0 unspecified atom stereocenters. The molecule has 9 nitrogen and oxygen atoms in total. The Balaban J connectivity index is 1.18. The number of hydrogen-bond donors (Lipinski definition) is 1. The molecule has 0 bridgehead atoms. The molecule has 5 aliphatic rings. The maximum absolute atomic E-state index is 14.5. The Morgan fingerprint density at radius 2 is 1.50 bits per heavy atom. The van der Waals surface area contributed by atoms with E-state index in [9.17, 15) is 28.7 Å². The number of morpholine rings is 1. The fraction of sp³-hybridized carbons (Fsp3) is 0.351. The molecule has 0 aromatic heterocycles. The van der Waals surface area contributed by atoms with Crippen LogP contribution in [0.25, 0.3) is 0 Å². The first kappa shape index (κ1) is 30.8. The number of imide groups is 2. The number of aromatic hydroxyl groups is 1. The van der Waals surface area contributed by atoms with E-state index < -0.39 is 52.6 Å². The van der Waals surface area contributed by atoms with Crippen molar-refractivity contribution in [3.8, 4) is 5.75 Å². The predicted octanol–water partition coefficient (Wildman–Crippen LogP) is 5.46. The zero-order valence-corrected chi connectivity index (χ0v) is 26.9. The number of hydrogen-bond acceptors (Lipinski definition) is 7. The topological polar surface area (TPSA) is 107 Å². The van der Waals surface area contributed by atoms with Crippen LogP contribution in [0.4, 0.5) is 21.5 Å². The molecule has 3 aromatic rings. The summed E-state index contributed by atoms with van der Waals surface area (Å²) in [6.07, 6.45) is 2.49. The summed E-state index contributed by atoms with van der Waals surface area (Å²) in [6.45, 7) is 4.57. The van der Waals surface area contributed by atoms with Crippen molar-refractivity contribution in [3.05, 3.63) is 94.8 Å². The van der Waals surface area contributed by atoms with Gasteiger partial charge in [0.1, 0.15) is 11.6 Å². The lowest BCUT2D eigenvalue weighted by Gasteiger charge is -2.49. The van der Waals surface area contributed by atoms with E-state index in [1.807, 2.05) is 18.2 Å². The van der Waals surface area contributed by atoms with Crippen LogP contribution in [0.3, 0.4) is 0 Å². The molecular weight excluding hydrogens is 637 g/mol. The minimum atomic E-state index is -1.26. The average molecular weight is 670 g/mol. The molecule has 3 heterocycles. The van der Waals surface area contributed by atoms with Crippen LogP contribution < -0.4 is 14.7 Å². The van der Waals surface area contributed by atoms with Crippen molar-refractivity contribution in [2.75, 3.05) is 41.0 Å². The van der Waals surface area contributed by atoms with E-state index in [-0.39, 0.29) is 34.7 Å². The number of anilines is 3. The monoisotopic (exact) mass is 669 g/mol. The van der Waals surface area contributed by atoms with E-state index in [0.717, 1.165) is 35.3 Å². The second-order valence-electron chi connectivity index (χ2n) is 13.5. The van der Waals surface area contributed by atoms with Crippen LogP contribution >= 0.6 is 11.6 Å². The highest BCUT2D eigenvalue weighted by atomic mass is 35.5. The van der Waals surface area contributed by atoms with Crippen LogP contribution in [-0.2, 0) is 23.9 Å². The molecule has 0 spiro atoms. The molecule has 6 atom stereocenters. The van der Waals surface area contributed by atoms with Gasteiger partial charge in [0.2, 0.25) is 23.6 Å². The van der Waals surface area contributed by atoms with Gasteiger partial charge in [-0.1, -0.05) is 35.4 Å². The zero-order chi connectivity index (χ0) is 33.5. The Morgan fingerprint density at radius 3 is 2.19 bits per heavy atom. The van der Waals surface area contributed by atoms with Gasteiger partial charge in [0.25, 0.3) is 0 Å². The van der Waals surface area contributed by atoms with Gasteiger partial charge in [-0.25, -0.2) is 9.29 Å². The molecule has 11 heteroatoms. The summed E-state index contributed by atoms with van der Waals surface area (Å²) in [7, 11) is 0. The molecule has 48 heavy (non-hydrogen) atoms. The number of carbonyl (C=O) groups excluding carboxylic acids is 4. The minimum absolute atomic E-state index is 0.0498. The molecule has 3 aliphatic heterocycles. The lowest BCUT2D eigenvalue weighted by molar-refractivity contribution is -0.131. The van der Waals surface area contributed by atoms with Crippen LogP contribution in [0.1, 0.15) is 31.2 Å². The number of allylic oxidation sites excluding steroid dienone is 2. The van der Waals surface area contributed by atoms with Gasteiger partial charge in [-0.3, -0.25) is 24.1 Å². The number of rotatable bonds is 4. The third-order valence-electron chi connectivity index (χ3n) is 11.1. The second-order valence-corrected chi connectivity index (χ2v) is 13.9. The van der Waals surface area contributed by atoms with Crippen LogP contribution in [0.15, 0.2) is 78.4 Å². The van der Waals surface area contributed by atoms with E-state index in [1.165, 1.54) is 29.2 Å². The van der Waals surface area contributed by atoms with Crippen molar-refractivity contribution in [2.45, 2.75) is 25.7 Å². The molecule has 246 valence electrons. The van der Waals surface area contributed by atoms with Crippen molar-refractivity contribution in [2.24, 2.45) is 29.1 Å². The molecular formula is C37H33ClFN3O6. The van der Waals surface area contributed by atoms with Gasteiger partial charge in [-0.15, -0.1) is 0 Å². The first-order valence-corrected chi connectivity index (χ1v) is 16.6. The highest BCUT2D eigenvalue weighted by molar-refractivity contribution is 6.32. The van der Waals surface area contributed by atoms with Crippen molar-refractivity contribution in [1.82, 2.24) is 0 Å². The third kappa shape index (κ3) is 4.45. The zero-order valence-electron chi connectivity index (χ0n) is 26.1. The van der Waals surface area contributed by atoms with Crippen LogP contribution in [0.5, 0.6) is 5.75 Å². The largest absolute Gasteiger partial charge is 0.508 e. The summed E-state index contributed by atoms with van der Waals surface area (Å²) in [5.74, 6) is -5.36. The Kier molecular flexibility index (Phi) is 7.23. The van der Waals surface area contributed by atoms with Gasteiger partial charge in [-0.05, 0) is 85.8 Å². The number of ether oxygens (including phenoxy) is 1. The standard InChI is InChI=1S/C37H33ClFN3O6/c1-37-28(34(45)42(36(37)47)23-8-13-30(39)29(38)18-23)19-27-25(32(37)20-2-9-24(43)10-3-20)11-12-26-31(27)35(46)41(33(26)44)22-6-4-21(5-7-22)40-14-16-48-17-15-40/h2-11,13,18,26-28,31-32,43H,12,14-17,19H2,1H3/t26-,27+,28-,31-,32-,37+/m0/s1. The fourth-order valence-corrected chi connectivity index (χ4v) is 9.00. The van der Waals surface area contributed by atoms with E-state index in [0.29, 0.717) is 30.9 Å². The van der Waals surface area contributed by atoms with Crippen molar-refractivity contribution in [3.63, 3.8) is 0 Å². The summed E-state index contributed by atoms with van der Waals surface area (Å²) in [6, 6.07) is 17.7. The average Bonchev–Trinajstić information content (AvgIpc) is 3.46. The third-order valence-corrected chi connectivity index (χ3v) is 11.4. The lowest BCUT2D eigenvalue weighted by Crippen LogP contribution is -2.48. The van der Waals surface area contributed by atoms with Crippen LogP contribution in [0, 0.1) is 34.9 Å². The first-order valence-electron chi connectivity index (χ1n) is 16.2. The molecule has 3 aromatic carbocycles. The lowest BCUT2D eigenvalue weighted by atomic mass is 9.51. The van der Waals surface area contributed by atoms with Gasteiger partial charge in [0.05, 0.1) is 52.8 Å². The molecule has 3 saturated heterocycles. The Labute approximate surface area is 281 Å². The van der Waals surface area contributed by atoms with Crippen molar-refractivity contribution >= 4 is 52.3 Å². The van der Waals surface area contributed by atoms with Gasteiger partial charge >= 0.3 is 0 Å². The van der Waals surface area contributed by atoms with Gasteiger partial charge < -0.3 is 14.7 Å². The predicted molar refractivity (Wildman–Crippen MR) is 176 cm³/mol. The maximum atomic E-state index is 14.5. The second kappa shape index (κ2) is 11.3. The van der Waals surface area contributed by atoms with E-state index in [1.54, 1.807) is 31.2 Å².